The molecule has 4 heteroatoms. The Morgan fingerprint density at radius 3 is 2.00 bits per heavy atom. The Morgan fingerprint density at radius 2 is 1.39 bits per heavy atom. The van der Waals surface area contributed by atoms with E-state index in [-0.39, 0.29) is 6.61 Å². The Hall–Kier alpha value is -3.21. The summed E-state index contributed by atoms with van der Waals surface area (Å²) in [6.07, 6.45) is 2.01. The first-order chi connectivity index (χ1) is 15.3. The van der Waals surface area contributed by atoms with Gasteiger partial charge in [0, 0.05) is 50.2 Å². The van der Waals surface area contributed by atoms with Gasteiger partial charge in [-0.25, -0.2) is 0 Å². The van der Waals surface area contributed by atoms with E-state index in [0.717, 1.165) is 44.0 Å². The summed E-state index contributed by atoms with van der Waals surface area (Å²) in [7, 11) is 0. The average Bonchev–Trinajstić information content (AvgIpc) is 2.83. The number of rotatable bonds is 5. The lowest BCUT2D eigenvalue weighted by Gasteiger charge is -2.35. The maximum Gasteiger partial charge on any atom is 0.0631 e. The molecule has 1 N–H and O–H groups in total. The highest BCUT2D eigenvalue weighted by molar-refractivity contribution is 6.13. The van der Waals surface area contributed by atoms with Gasteiger partial charge in [-0.2, -0.15) is 0 Å². The first-order valence-electron chi connectivity index (χ1n) is 10.9. The Morgan fingerprint density at radius 1 is 0.774 bits per heavy atom. The largest absolute Gasteiger partial charge is 0.395 e. The molecule has 4 nitrogen and oxygen atoms in total. The first-order valence-corrected chi connectivity index (χ1v) is 10.9. The monoisotopic (exact) mass is 409 g/mol. The highest BCUT2D eigenvalue weighted by Crippen LogP contribution is 2.28. The molecule has 5 rings (SSSR count). The van der Waals surface area contributed by atoms with Gasteiger partial charge >= 0.3 is 0 Å². The van der Waals surface area contributed by atoms with E-state index in [2.05, 4.69) is 88.7 Å². The van der Waals surface area contributed by atoms with Gasteiger partial charge in [0.2, 0.25) is 0 Å². The van der Waals surface area contributed by atoms with Crippen molar-refractivity contribution in [3.63, 3.8) is 0 Å². The third kappa shape index (κ3) is 4.18. The van der Waals surface area contributed by atoms with Gasteiger partial charge in [0.15, 0.2) is 0 Å². The normalized spacial score (nSPS) is 15.3. The van der Waals surface area contributed by atoms with Crippen molar-refractivity contribution in [2.75, 3.05) is 44.2 Å². The molecule has 1 heterocycles. The van der Waals surface area contributed by atoms with Crippen LogP contribution in [-0.2, 0) is 0 Å². The fraction of sp³-hybridized carbons (Fsp3) is 0.222. The quantitative estimate of drug-likeness (QED) is 0.378. The van der Waals surface area contributed by atoms with E-state index in [1.54, 1.807) is 0 Å². The molecule has 0 aliphatic carbocycles. The van der Waals surface area contributed by atoms with Crippen molar-refractivity contribution in [2.24, 2.45) is 4.99 Å². The summed E-state index contributed by atoms with van der Waals surface area (Å²) in [6.45, 7) is 4.97. The zero-order valence-electron chi connectivity index (χ0n) is 17.6. The molecule has 0 unspecified atom stereocenters. The topological polar surface area (TPSA) is 39.1 Å². The molecule has 1 saturated heterocycles. The molecule has 1 fully saturated rings. The van der Waals surface area contributed by atoms with E-state index in [1.807, 2.05) is 6.21 Å². The molecule has 1 aliphatic heterocycles. The summed E-state index contributed by atoms with van der Waals surface area (Å²) in [5.74, 6) is 0. The number of aliphatic hydroxyl groups is 1. The zero-order valence-corrected chi connectivity index (χ0v) is 17.6. The van der Waals surface area contributed by atoms with Gasteiger partial charge in [0.25, 0.3) is 0 Å². The smallest absolute Gasteiger partial charge is 0.0631 e. The third-order valence-electron chi connectivity index (χ3n) is 6.16. The van der Waals surface area contributed by atoms with E-state index in [1.165, 1.54) is 27.2 Å². The van der Waals surface area contributed by atoms with Crippen LogP contribution < -0.4 is 4.90 Å². The Bertz CT molecular complexity index is 1150. The number of anilines is 1. The highest BCUT2D eigenvalue weighted by atomic mass is 16.3. The molecule has 0 spiro atoms. The lowest BCUT2D eigenvalue weighted by molar-refractivity contribution is 0.189. The van der Waals surface area contributed by atoms with Crippen molar-refractivity contribution in [1.29, 1.82) is 0 Å². The fourth-order valence-electron chi connectivity index (χ4n) is 4.45. The number of piperazine rings is 1. The standard InChI is InChI=1S/C27H27N3O/c31-18-17-29-13-15-30(16-14-29)24-11-9-23(10-12-24)28-20-27-25-7-3-1-5-21(25)19-22-6-2-4-8-26(22)27/h1-12,19-20,31H,13-18H2. The van der Waals surface area contributed by atoms with Gasteiger partial charge in [0.1, 0.15) is 0 Å². The van der Waals surface area contributed by atoms with Gasteiger partial charge < -0.3 is 10.0 Å². The van der Waals surface area contributed by atoms with Crippen molar-refractivity contribution in [3.8, 4) is 0 Å². The minimum atomic E-state index is 0.235. The molecule has 0 amide bonds. The molecule has 0 radical (unpaired) electrons. The number of aliphatic hydroxyl groups excluding tert-OH is 1. The van der Waals surface area contributed by atoms with Crippen LogP contribution in [0.3, 0.4) is 0 Å². The van der Waals surface area contributed by atoms with E-state index >= 15 is 0 Å². The lowest BCUT2D eigenvalue weighted by atomic mass is 9.97. The van der Waals surface area contributed by atoms with Crippen molar-refractivity contribution in [1.82, 2.24) is 4.90 Å². The lowest BCUT2D eigenvalue weighted by Crippen LogP contribution is -2.47. The van der Waals surface area contributed by atoms with Crippen LogP contribution in [0.15, 0.2) is 83.9 Å². The second-order valence-corrected chi connectivity index (χ2v) is 8.06. The van der Waals surface area contributed by atoms with Gasteiger partial charge in [-0.1, -0.05) is 48.5 Å². The van der Waals surface area contributed by atoms with Crippen LogP contribution in [0.4, 0.5) is 11.4 Å². The summed E-state index contributed by atoms with van der Waals surface area (Å²) in [5.41, 5.74) is 3.36. The number of benzene rings is 4. The van der Waals surface area contributed by atoms with Gasteiger partial charge in [0.05, 0.1) is 12.3 Å². The van der Waals surface area contributed by atoms with Crippen LogP contribution in [0, 0.1) is 0 Å². The van der Waals surface area contributed by atoms with E-state index in [9.17, 15) is 0 Å². The first kappa shape index (κ1) is 19.7. The number of β-amino-alcohol motifs (C(OH)–C–C–N with tert-alkyl or cyclic N) is 1. The second-order valence-electron chi connectivity index (χ2n) is 8.06. The van der Waals surface area contributed by atoms with Crippen LogP contribution in [0.2, 0.25) is 0 Å². The molecule has 4 aromatic rings. The number of hydrogen-bond donors (Lipinski definition) is 1. The van der Waals surface area contributed by atoms with Crippen molar-refractivity contribution in [2.45, 2.75) is 0 Å². The molecule has 0 aromatic heterocycles. The number of nitrogens with zero attached hydrogens (tertiary/aromatic N) is 3. The summed E-state index contributed by atoms with van der Waals surface area (Å²) in [6, 6.07) is 27.8. The molecule has 156 valence electrons. The number of hydrogen-bond acceptors (Lipinski definition) is 4. The Kier molecular flexibility index (Phi) is 5.65. The van der Waals surface area contributed by atoms with Gasteiger partial charge in [-0.05, 0) is 51.9 Å². The molecular formula is C27H27N3O. The summed E-state index contributed by atoms with van der Waals surface area (Å²) >= 11 is 0. The SMILES string of the molecule is OCCN1CCN(c2ccc(N=Cc3c4ccccc4cc4ccccc34)cc2)CC1. The van der Waals surface area contributed by atoms with Crippen LogP contribution in [0.5, 0.6) is 0 Å². The molecule has 4 aromatic carbocycles. The van der Waals surface area contributed by atoms with E-state index in [0.29, 0.717) is 0 Å². The minimum absolute atomic E-state index is 0.235. The van der Waals surface area contributed by atoms with Gasteiger partial charge in [-0.15, -0.1) is 0 Å². The predicted octanol–water partition coefficient (Wildman–Crippen LogP) is 4.86. The van der Waals surface area contributed by atoms with Crippen LogP contribution in [-0.4, -0.2) is 55.6 Å². The number of aliphatic imine (C=N–C) groups is 1. The summed E-state index contributed by atoms with van der Waals surface area (Å²) in [4.78, 5) is 9.53. The Balaban J connectivity index is 1.39. The molecule has 31 heavy (non-hydrogen) atoms. The minimum Gasteiger partial charge on any atom is -0.395 e. The van der Waals surface area contributed by atoms with Crippen LogP contribution >= 0.6 is 0 Å². The maximum absolute atomic E-state index is 9.11. The van der Waals surface area contributed by atoms with Crippen molar-refractivity contribution in [3.05, 3.63) is 84.4 Å². The van der Waals surface area contributed by atoms with Crippen molar-refractivity contribution >= 4 is 39.1 Å². The molecule has 0 bridgehead atoms. The van der Waals surface area contributed by atoms with E-state index in [4.69, 9.17) is 10.1 Å². The Labute approximate surface area is 183 Å². The molecule has 0 atom stereocenters. The molecule has 0 saturated carbocycles. The van der Waals surface area contributed by atoms with Crippen molar-refractivity contribution < 1.29 is 5.11 Å². The molecule has 1 aliphatic rings. The zero-order chi connectivity index (χ0) is 21.0. The second kappa shape index (κ2) is 8.88. The van der Waals surface area contributed by atoms with Crippen LogP contribution in [0.25, 0.3) is 21.5 Å². The average molecular weight is 410 g/mol. The molecular weight excluding hydrogens is 382 g/mol. The van der Waals surface area contributed by atoms with E-state index < -0.39 is 0 Å². The summed E-state index contributed by atoms with van der Waals surface area (Å²) < 4.78 is 0. The predicted molar refractivity (Wildman–Crippen MR) is 131 cm³/mol. The summed E-state index contributed by atoms with van der Waals surface area (Å²) in [5, 5.41) is 14.0. The van der Waals surface area contributed by atoms with Gasteiger partial charge in [-0.3, -0.25) is 9.89 Å². The van der Waals surface area contributed by atoms with Crippen LogP contribution in [0.1, 0.15) is 5.56 Å². The number of fused-ring (bicyclic) bond motifs is 2. The third-order valence-corrected chi connectivity index (χ3v) is 6.16. The maximum atomic E-state index is 9.11. The highest BCUT2D eigenvalue weighted by Gasteiger charge is 2.16. The fourth-order valence-corrected chi connectivity index (χ4v) is 4.45.